The monoisotopic (exact) mass is 317 g/mol. The van der Waals surface area contributed by atoms with Crippen LogP contribution in [0.1, 0.15) is 43.0 Å². The van der Waals surface area contributed by atoms with Crippen LogP contribution in [0.5, 0.6) is 11.5 Å². The highest BCUT2D eigenvalue weighted by molar-refractivity contribution is 5.98. The predicted molar refractivity (Wildman–Crippen MR) is 86.0 cm³/mol. The van der Waals surface area contributed by atoms with Gasteiger partial charge in [-0.05, 0) is 37.0 Å². The second-order valence-electron chi connectivity index (χ2n) is 6.37. The number of piperidine rings is 1. The van der Waals surface area contributed by atoms with Crippen LogP contribution in [-0.4, -0.2) is 42.9 Å². The van der Waals surface area contributed by atoms with Crippen LogP contribution in [0.4, 0.5) is 0 Å². The lowest BCUT2D eigenvalue weighted by Gasteiger charge is -2.31. The lowest BCUT2D eigenvalue weighted by atomic mass is 9.99. The molecule has 2 aliphatic rings. The van der Waals surface area contributed by atoms with Gasteiger partial charge in [-0.25, -0.2) is 0 Å². The first-order valence-corrected chi connectivity index (χ1v) is 8.34. The number of amides is 1. The van der Waals surface area contributed by atoms with Crippen molar-refractivity contribution >= 4 is 11.7 Å². The summed E-state index contributed by atoms with van der Waals surface area (Å²) in [5.74, 6) is 1.90. The Morgan fingerprint density at radius 3 is 2.74 bits per heavy atom. The number of likely N-dealkylation sites (tertiary alicyclic amines) is 1. The third-order valence-corrected chi connectivity index (χ3v) is 4.44. The molecule has 1 fully saturated rings. The van der Waals surface area contributed by atoms with Crippen molar-refractivity contribution in [3.05, 3.63) is 23.8 Å². The molecule has 124 valence electrons. The van der Waals surface area contributed by atoms with E-state index in [-0.39, 0.29) is 24.5 Å². The van der Waals surface area contributed by atoms with Crippen LogP contribution in [0, 0.1) is 5.92 Å². The van der Waals surface area contributed by atoms with E-state index in [9.17, 15) is 9.59 Å². The number of carbonyl (C=O) groups excluding carboxylic acids is 2. The molecule has 0 N–H and O–H groups in total. The number of nitrogens with zero attached hydrogens (tertiary/aromatic N) is 1. The van der Waals surface area contributed by atoms with Crippen LogP contribution in [0.3, 0.4) is 0 Å². The Labute approximate surface area is 136 Å². The van der Waals surface area contributed by atoms with Crippen molar-refractivity contribution in [3.8, 4) is 11.5 Å². The van der Waals surface area contributed by atoms with Crippen LogP contribution in [0.25, 0.3) is 0 Å². The van der Waals surface area contributed by atoms with Crippen molar-refractivity contribution in [2.45, 2.75) is 32.6 Å². The zero-order chi connectivity index (χ0) is 16.2. The first-order valence-electron chi connectivity index (χ1n) is 8.34. The lowest BCUT2D eigenvalue weighted by molar-refractivity contribution is -0.132. The molecule has 2 aliphatic heterocycles. The summed E-state index contributed by atoms with van der Waals surface area (Å²) in [6.45, 7) is 4.83. The van der Waals surface area contributed by atoms with Gasteiger partial charge in [-0.3, -0.25) is 9.59 Å². The predicted octanol–water partition coefficient (Wildman–Crippen LogP) is 2.68. The average molecular weight is 317 g/mol. The molecule has 1 aromatic carbocycles. The summed E-state index contributed by atoms with van der Waals surface area (Å²) in [6, 6.07) is 5.21. The molecule has 0 bridgehead atoms. The van der Waals surface area contributed by atoms with Crippen molar-refractivity contribution in [3.63, 3.8) is 0 Å². The van der Waals surface area contributed by atoms with Gasteiger partial charge in [0.05, 0.1) is 0 Å². The molecular weight excluding hydrogens is 294 g/mol. The zero-order valence-corrected chi connectivity index (χ0v) is 13.5. The van der Waals surface area contributed by atoms with E-state index in [0.717, 1.165) is 19.5 Å². The number of ketones is 1. The fraction of sp³-hybridized carbons (Fsp3) is 0.556. The summed E-state index contributed by atoms with van der Waals surface area (Å²) in [4.78, 5) is 26.5. The van der Waals surface area contributed by atoms with Gasteiger partial charge < -0.3 is 14.4 Å². The molecule has 23 heavy (non-hydrogen) atoms. The third-order valence-electron chi connectivity index (χ3n) is 4.44. The van der Waals surface area contributed by atoms with Crippen LogP contribution >= 0.6 is 0 Å². The summed E-state index contributed by atoms with van der Waals surface area (Å²) in [7, 11) is 0. The van der Waals surface area contributed by atoms with Crippen molar-refractivity contribution < 1.29 is 19.1 Å². The van der Waals surface area contributed by atoms with Crippen LogP contribution in [-0.2, 0) is 4.79 Å². The number of fused-ring (bicyclic) bond motifs is 1. The largest absolute Gasteiger partial charge is 0.486 e. The molecule has 5 nitrogen and oxygen atoms in total. The maximum absolute atomic E-state index is 12.3. The van der Waals surface area contributed by atoms with Gasteiger partial charge in [-0.15, -0.1) is 0 Å². The van der Waals surface area contributed by atoms with E-state index in [0.29, 0.717) is 36.2 Å². The van der Waals surface area contributed by atoms with Gasteiger partial charge in [-0.2, -0.15) is 0 Å². The number of Topliss-reactive ketones (excluding diaryl/α,β-unsaturated/α-hetero) is 1. The molecule has 1 amide bonds. The first-order chi connectivity index (χ1) is 11.1. The quantitative estimate of drug-likeness (QED) is 0.801. The Balaban J connectivity index is 1.55. The van der Waals surface area contributed by atoms with E-state index < -0.39 is 0 Å². The Hall–Kier alpha value is -2.04. The maximum atomic E-state index is 12.3. The summed E-state index contributed by atoms with van der Waals surface area (Å²) < 4.78 is 10.9. The summed E-state index contributed by atoms with van der Waals surface area (Å²) in [6.07, 6.45) is 2.76. The second kappa shape index (κ2) is 7.02. The van der Waals surface area contributed by atoms with E-state index in [1.165, 1.54) is 6.42 Å². The minimum Gasteiger partial charge on any atom is -0.486 e. The minimum absolute atomic E-state index is 0.0274. The van der Waals surface area contributed by atoms with Crippen LogP contribution in [0.2, 0.25) is 0 Å². The molecular formula is C18H23NO4. The lowest BCUT2D eigenvalue weighted by Crippen LogP contribution is -2.39. The van der Waals surface area contributed by atoms with Gasteiger partial charge in [0, 0.05) is 31.5 Å². The number of benzene rings is 1. The molecule has 2 heterocycles. The molecule has 0 saturated carbocycles. The summed E-state index contributed by atoms with van der Waals surface area (Å²) in [5.41, 5.74) is 0.578. The van der Waals surface area contributed by atoms with Crippen molar-refractivity contribution in [1.29, 1.82) is 0 Å². The van der Waals surface area contributed by atoms with E-state index in [4.69, 9.17) is 9.47 Å². The van der Waals surface area contributed by atoms with Crippen LogP contribution in [0.15, 0.2) is 18.2 Å². The van der Waals surface area contributed by atoms with Crippen molar-refractivity contribution in [2.24, 2.45) is 5.92 Å². The van der Waals surface area contributed by atoms with Gasteiger partial charge in [0.15, 0.2) is 17.3 Å². The third kappa shape index (κ3) is 3.84. The Morgan fingerprint density at radius 2 is 1.96 bits per heavy atom. The highest BCUT2D eigenvalue weighted by atomic mass is 16.6. The summed E-state index contributed by atoms with van der Waals surface area (Å²) >= 11 is 0. The highest BCUT2D eigenvalue weighted by Crippen LogP contribution is 2.31. The average Bonchev–Trinajstić information content (AvgIpc) is 2.59. The summed E-state index contributed by atoms with van der Waals surface area (Å²) in [5, 5.41) is 0. The molecule has 1 atom stereocenters. The smallest absolute Gasteiger partial charge is 0.223 e. The fourth-order valence-corrected chi connectivity index (χ4v) is 3.16. The van der Waals surface area contributed by atoms with E-state index in [1.807, 2.05) is 4.90 Å². The topological polar surface area (TPSA) is 55.8 Å². The molecule has 0 aliphatic carbocycles. The number of hydrogen-bond acceptors (Lipinski definition) is 4. The van der Waals surface area contributed by atoms with E-state index in [1.54, 1.807) is 18.2 Å². The van der Waals surface area contributed by atoms with Gasteiger partial charge in [0.2, 0.25) is 5.91 Å². The Morgan fingerprint density at radius 1 is 1.17 bits per heavy atom. The Kier molecular flexibility index (Phi) is 4.84. The Bertz CT molecular complexity index is 599. The zero-order valence-electron chi connectivity index (χ0n) is 13.5. The van der Waals surface area contributed by atoms with Gasteiger partial charge in [0.1, 0.15) is 13.2 Å². The number of carbonyl (C=O) groups is 2. The minimum atomic E-state index is -0.0274. The number of ether oxygens (including phenoxy) is 2. The van der Waals surface area contributed by atoms with Crippen LogP contribution < -0.4 is 9.47 Å². The molecule has 3 rings (SSSR count). The van der Waals surface area contributed by atoms with Crippen molar-refractivity contribution in [1.82, 2.24) is 4.90 Å². The van der Waals surface area contributed by atoms with Crippen molar-refractivity contribution in [2.75, 3.05) is 26.3 Å². The molecule has 0 spiro atoms. The standard InChI is InChI=1S/C18H23NO4/c1-13-3-2-8-19(12-13)18(21)7-5-15(20)14-4-6-16-17(11-14)23-10-9-22-16/h4,6,11,13H,2-3,5,7-10,12H2,1H3. The molecule has 0 radical (unpaired) electrons. The maximum Gasteiger partial charge on any atom is 0.223 e. The SMILES string of the molecule is CC1CCCN(C(=O)CCC(=O)c2ccc3c(c2)OCCO3)C1. The fourth-order valence-electron chi connectivity index (χ4n) is 3.16. The second-order valence-corrected chi connectivity index (χ2v) is 6.37. The molecule has 1 aromatic rings. The molecule has 5 heteroatoms. The molecule has 1 saturated heterocycles. The van der Waals surface area contributed by atoms with Gasteiger partial charge >= 0.3 is 0 Å². The molecule has 1 unspecified atom stereocenters. The molecule has 0 aromatic heterocycles. The highest BCUT2D eigenvalue weighted by Gasteiger charge is 2.22. The van der Waals surface area contributed by atoms with E-state index >= 15 is 0 Å². The van der Waals surface area contributed by atoms with E-state index in [2.05, 4.69) is 6.92 Å². The number of rotatable bonds is 4. The number of hydrogen-bond donors (Lipinski definition) is 0. The normalized spacial score (nSPS) is 20.2. The van der Waals surface area contributed by atoms with Gasteiger partial charge in [0.25, 0.3) is 0 Å². The first kappa shape index (κ1) is 15.8. The van der Waals surface area contributed by atoms with Gasteiger partial charge in [-0.1, -0.05) is 6.92 Å².